The molecule has 0 bridgehead atoms. The fourth-order valence-corrected chi connectivity index (χ4v) is 5.15. The summed E-state index contributed by atoms with van der Waals surface area (Å²) in [5.74, 6) is 1.27. The van der Waals surface area contributed by atoms with E-state index in [2.05, 4.69) is 40.4 Å². The van der Waals surface area contributed by atoms with Gasteiger partial charge < -0.3 is 24.4 Å². The number of aromatic nitrogens is 3. The summed E-state index contributed by atoms with van der Waals surface area (Å²) in [6, 6.07) is 25.0. The van der Waals surface area contributed by atoms with Crippen molar-refractivity contribution in [1.82, 2.24) is 15.0 Å². The third kappa shape index (κ3) is 7.71. The van der Waals surface area contributed by atoms with E-state index in [1.165, 1.54) is 13.4 Å². The van der Waals surface area contributed by atoms with E-state index >= 15 is 0 Å². The number of nitrogens with one attached hydrogen (secondary N) is 1. The predicted molar refractivity (Wildman–Crippen MR) is 167 cm³/mol. The highest BCUT2D eigenvalue weighted by atomic mass is 32.2. The Kier molecular flexibility index (Phi) is 9.87. The smallest absolute Gasteiger partial charge is 0.263 e. The molecule has 0 saturated carbocycles. The first-order chi connectivity index (χ1) is 20.6. The van der Waals surface area contributed by atoms with Gasteiger partial charge in [0.1, 0.15) is 31.0 Å². The number of nitrogens with zero attached hydrogens (tertiary/aromatic N) is 3. The molecule has 2 heterocycles. The molecule has 0 fully saturated rings. The first-order valence-corrected chi connectivity index (χ1v) is 15.0. The van der Waals surface area contributed by atoms with Gasteiger partial charge in [0, 0.05) is 17.5 Å². The molecule has 0 aliphatic rings. The Morgan fingerprint density at radius 1 is 0.818 bits per heavy atom. The summed E-state index contributed by atoms with van der Waals surface area (Å²) >= 11 is 0. The zero-order chi connectivity index (χ0) is 30.5. The summed E-state index contributed by atoms with van der Waals surface area (Å²) < 4.78 is 52.3. The number of hydrogen-bond acceptors (Lipinski definition) is 9. The van der Waals surface area contributed by atoms with Crippen LogP contribution in [-0.4, -0.2) is 49.2 Å². The van der Waals surface area contributed by atoms with Crippen molar-refractivity contribution >= 4 is 26.7 Å². The quantitative estimate of drug-likeness (QED) is 0.188. The maximum Gasteiger partial charge on any atom is 0.263 e. The van der Waals surface area contributed by atoms with Crippen LogP contribution < -0.4 is 23.7 Å². The molecule has 12 heteroatoms. The summed E-state index contributed by atoms with van der Waals surface area (Å²) in [7, 11) is -2.50. The molecule has 0 aliphatic carbocycles. The molecular weight excluding hydrogens is 584 g/mol. The molecule has 0 unspecified atom stereocenters. The van der Waals surface area contributed by atoms with Crippen molar-refractivity contribution in [3.05, 3.63) is 96.8 Å². The van der Waals surface area contributed by atoms with Crippen LogP contribution in [0.1, 0.15) is 26.3 Å². The molecule has 44 heavy (non-hydrogen) atoms. The van der Waals surface area contributed by atoms with Crippen LogP contribution in [0, 0.1) is 0 Å². The molecule has 5 aromatic rings. The number of pyridine rings is 1. The Morgan fingerprint density at radius 2 is 1.55 bits per heavy atom. The molecule has 0 spiro atoms. The third-order valence-corrected chi connectivity index (χ3v) is 7.79. The first kappa shape index (κ1) is 32.0. The standard InChI is InChI=1S/C32H32N4O6S.H2O/c1-32(2,3)23-13-15-26(16-14-23)43(37,38)36-30-29(42-25-10-7-9-24(20-25)39-4)31(34-21-33-30)41-19-18-40-28-17-12-22-8-5-6-11-27(22)35-28;/h5-17,20-21H,18-19H2,1-4H3,(H,33,34,36);1H2. The van der Waals surface area contributed by atoms with Crippen LogP contribution in [-0.2, 0) is 15.4 Å². The molecule has 2 aromatic heterocycles. The van der Waals surface area contributed by atoms with Crippen LogP contribution in [0.5, 0.6) is 29.0 Å². The predicted octanol–water partition coefficient (Wildman–Crippen LogP) is 5.56. The van der Waals surface area contributed by atoms with E-state index < -0.39 is 10.0 Å². The minimum atomic E-state index is -4.03. The first-order valence-electron chi connectivity index (χ1n) is 13.5. The van der Waals surface area contributed by atoms with E-state index in [-0.39, 0.29) is 46.4 Å². The Labute approximate surface area is 256 Å². The highest BCUT2D eigenvalue weighted by Gasteiger charge is 2.23. The molecule has 0 amide bonds. The van der Waals surface area contributed by atoms with Crippen molar-refractivity contribution in [3.63, 3.8) is 0 Å². The SMILES string of the molecule is COc1cccc(Oc2c(NS(=O)(=O)c3ccc(C(C)(C)C)cc3)ncnc2OCCOc2ccc3ccccc3n2)c1.O. The number of sulfonamides is 1. The average Bonchev–Trinajstić information content (AvgIpc) is 3.00. The molecule has 3 N–H and O–H groups in total. The summed E-state index contributed by atoms with van der Waals surface area (Å²) in [6.45, 7) is 6.39. The number of para-hydroxylation sites is 1. The molecular formula is C32H34N4O7S. The largest absolute Gasteiger partial charge is 0.497 e. The lowest BCUT2D eigenvalue weighted by Crippen LogP contribution is -2.17. The van der Waals surface area contributed by atoms with E-state index in [0.29, 0.717) is 17.4 Å². The van der Waals surface area contributed by atoms with Crippen LogP contribution in [0.15, 0.2) is 96.2 Å². The maximum absolute atomic E-state index is 13.4. The molecule has 3 aromatic carbocycles. The van der Waals surface area contributed by atoms with Crippen molar-refractivity contribution in [2.75, 3.05) is 25.0 Å². The second-order valence-electron chi connectivity index (χ2n) is 10.6. The van der Waals surface area contributed by atoms with Crippen LogP contribution >= 0.6 is 0 Å². The number of anilines is 1. The van der Waals surface area contributed by atoms with Gasteiger partial charge in [-0.2, -0.15) is 4.98 Å². The molecule has 5 rings (SSSR count). The number of methoxy groups -OCH3 is 1. The third-order valence-electron chi connectivity index (χ3n) is 6.44. The Balaban J connectivity index is 0.00000442. The summed E-state index contributed by atoms with van der Waals surface area (Å²) in [5, 5.41) is 1.01. The Morgan fingerprint density at radius 3 is 2.30 bits per heavy atom. The number of fused-ring (bicyclic) bond motifs is 1. The second kappa shape index (κ2) is 13.6. The normalized spacial score (nSPS) is 11.4. The van der Waals surface area contributed by atoms with Crippen LogP contribution in [0.4, 0.5) is 5.82 Å². The van der Waals surface area contributed by atoms with E-state index in [9.17, 15) is 8.42 Å². The lowest BCUT2D eigenvalue weighted by atomic mass is 9.87. The van der Waals surface area contributed by atoms with E-state index in [1.54, 1.807) is 54.6 Å². The summed E-state index contributed by atoms with van der Waals surface area (Å²) in [5.41, 5.74) is 1.70. The molecule has 0 atom stereocenters. The summed E-state index contributed by atoms with van der Waals surface area (Å²) in [6.07, 6.45) is 1.19. The van der Waals surface area contributed by atoms with Crippen molar-refractivity contribution in [2.24, 2.45) is 0 Å². The number of benzene rings is 3. The van der Waals surface area contributed by atoms with Crippen LogP contribution in [0.2, 0.25) is 0 Å². The van der Waals surface area contributed by atoms with Crippen LogP contribution in [0.25, 0.3) is 10.9 Å². The van der Waals surface area contributed by atoms with Gasteiger partial charge in [0.15, 0.2) is 5.82 Å². The van der Waals surface area contributed by atoms with Gasteiger partial charge in [0.05, 0.1) is 17.5 Å². The van der Waals surface area contributed by atoms with Crippen LogP contribution in [0.3, 0.4) is 0 Å². The maximum atomic E-state index is 13.4. The van der Waals surface area contributed by atoms with E-state index in [0.717, 1.165) is 16.5 Å². The van der Waals surface area contributed by atoms with Gasteiger partial charge in [-0.05, 0) is 47.4 Å². The van der Waals surface area contributed by atoms with Gasteiger partial charge in [0.2, 0.25) is 11.6 Å². The van der Waals surface area contributed by atoms with E-state index in [1.807, 2.05) is 30.3 Å². The Hall–Kier alpha value is -4.94. The Bertz CT molecular complexity index is 1830. The van der Waals surface area contributed by atoms with Gasteiger partial charge in [-0.15, -0.1) is 0 Å². The van der Waals surface area contributed by atoms with Gasteiger partial charge >= 0.3 is 0 Å². The van der Waals surface area contributed by atoms with Crippen molar-refractivity contribution in [2.45, 2.75) is 31.1 Å². The highest BCUT2D eigenvalue weighted by Crippen LogP contribution is 2.37. The van der Waals surface area contributed by atoms with Crippen molar-refractivity contribution in [1.29, 1.82) is 0 Å². The molecule has 230 valence electrons. The van der Waals surface area contributed by atoms with Crippen molar-refractivity contribution in [3.8, 4) is 29.0 Å². The number of ether oxygens (including phenoxy) is 4. The lowest BCUT2D eigenvalue weighted by Gasteiger charge is -2.19. The average molecular weight is 619 g/mol. The second-order valence-corrected chi connectivity index (χ2v) is 12.2. The molecule has 0 aliphatic heterocycles. The fraction of sp³-hybridized carbons (Fsp3) is 0.219. The number of rotatable bonds is 11. The molecule has 11 nitrogen and oxygen atoms in total. The summed E-state index contributed by atoms with van der Waals surface area (Å²) in [4.78, 5) is 12.9. The van der Waals surface area contributed by atoms with Gasteiger partial charge in [-0.1, -0.05) is 57.2 Å². The topological polar surface area (TPSA) is 153 Å². The minimum Gasteiger partial charge on any atom is -0.497 e. The molecule has 0 saturated heterocycles. The lowest BCUT2D eigenvalue weighted by molar-refractivity contribution is 0.203. The van der Waals surface area contributed by atoms with Gasteiger partial charge in [0.25, 0.3) is 15.9 Å². The van der Waals surface area contributed by atoms with Gasteiger partial charge in [-0.3, -0.25) is 4.72 Å². The van der Waals surface area contributed by atoms with E-state index in [4.69, 9.17) is 18.9 Å². The zero-order valence-corrected chi connectivity index (χ0v) is 25.6. The monoisotopic (exact) mass is 618 g/mol. The highest BCUT2D eigenvalue weighted by molar-refractivity contribution is 7.92. The number of hydrogen-bond donors (Lipinski definition) is 1. The zero-order valence-electron chi connectivity index (χ0n) is 24.8. The van der Waals surface area contributed by atoms with Crippen molar-refractivity contribution < 1.29 is 32.8 Å². The fourth-order valence-electron chi connectivity index (χ4n) is 4.14. The minimum absolute atomic E-state index is 0. The van der Waals surface area contributed by atoms with Gasteiger partial charge in [-0.25, -0.2) is 18.4 Å². The molecule has 0 radical (unpaired) electrons.